The average molecular weight is 535 g/mol. The molecule has 0 bridgehead atoms. The fourth-order valence-electron chi connectivity index (χ4n) is 5.19. The molecule has 1 aliphatic carbocycles. The second kappa shape index (κ2) is 10.6. The predicted molar refractivity (Wildman–Crippen MR) is 143 cm³/mol. The first-order valence-corrected chi connectivity index (χ1v) is 13.2. The number of aryl methyl sites for hydroxylation is 1. The summed E-state index contributed by atoms with van der Waals surface area (Å²) in [4.78, 5) is 39.9. The molecule has 1 saturated carbocycles. The van der Waals surface area contributed by atoms with Crippen molar-refractivity contribution < 1.29 is 18.7 Å². The minimum Gasteiger partial charge on any atom is -0.495 e. The SMILES string of the molecule is COc1cccnc1[C@H](Cc1cn(C(C)(C)C(N)=O)c(=O)n2c(C)c(-c3ncco3)nc12)OC1CCCCC1. The van der Waals surface area contributed by atoms with Crippen molar-refractivity contribution in [2.75, 3.05) is 7.11 Å². The Morgan fingerprint density at radius 1 is 1.23 bits per heavy atom. The maximum Gasteiger partial charge on any atom is 0.335 e. The molecule has 0 aromatic carbocycles. The van der Waals surface area contributed by atoms with Crippen LogP contribution in [0.1, 0.15) is 69.0 Å². The molecule has 2 N–H and O–H groups in total. The number of carbonyl (C=O) groups excluding carboxylic acids is 1. The van der Waals surface area contributed by atoms with E-state index in [4.69, 9.17) is 24.6 Å². The van der Waals surface area contributed by atoms with Crippen molar-refractivity contribution in [2.45, 2.75) is 77.0 Å². The molecule has 0 radical (unpaired) electrons. The van der Waals surface area contributed by atoms with Gasteiger partial charge in [-0.25, -0.2) is 19.2 Å². The number of nitrogens with zero attached hydrogens (tertiary/aromatic N) is 5. The molecule has 0 aliphatic heterocycles. The van der Waals surface area contributed by atoms with Crippen LogP contribution in [0.4, 0.5) is 0 Å². The molecule has 5 rings (SSSR count). The quantitative estimate of drug-likeness (QED) is 0.343. The molecule has 1 atom stereocenters. The number of ether oxygens (including phenoxy) is 2. The van der Waals surface area contributed by atoms with Crippen molar-refractivity contribution in [1.82, 2.24) is 23.9 Å². The third-order valence-corrected chi connectivity index (χ3v) is 7.56. The lowest BCUT2D eigenvalue weighted by atomic mass is 9.97. The van der Waals surface area contributed by atoms with Gasteiger partial charge in [-0.15, -0.1) is 0 Å². The molecule has 1 amide bonds. The molecule has 11 heteroatoms. The summed E-state index contributed by atoms with van der Waals surface area (Å²) in [5.74, 6) is 0.269. The van der Waals surface area contributed by atoms with E-state index in [1.807, 2.05) is 12.1 Å². The Bertz CT molecular complexity index is 1530. The van der Waals surface area contributed by atoms with E-state index in [0.717, 1.165) is 25.7 Å². The number of imidazole rings is 1. The lowest BCUT2D eigenvalue weighted by Crippen LogP contribution is -2.48. The molecule has 1 aliphatic rings. The van der Waals surface area contributed by atoms with Gasteiger partial charge in [-0.3, -0.25) is 14.3 Å². The third kappa shape index (κ3) is 4.94. The zero-order chi connectivity index (χ0) is 27.7. The molecule has 4 aromatic rings. The van der Waals surface area contributed by atoms with Gasteiger partial charge in [0.05, 0.1) is 25.1 Å². The highest BCUT2D eigenvalue weighted by Crippen LogP contribution is 2.34. The van der Waals surface area contributed by atoms with Crippen molar-refractivity contribution in [3.8, 4) is 17.3 Å². The molecule has 0 spiro atoms. The largest absolute Gasteiger partial charge is 0.495 e. The topological polar surface area (TPSA) is 140 Å². The standard InChI is InChI=1S/C28H34N6O5/c1-17-22(25-31-13-14-38-25)32-24-18(16-33(27(36)34(17)24)28(2,3)26(29)35)15-21(39-19-9-6-5-7-10-19)23-20(37-4)11-8-12-30-23/h8,11-14,16,19,21H,5-7,9-10,15H2,1-4H3,(H2,29,35)/t21-/m0/s1. The van der Waals surface area contributed by atoms with Gasteiger partial charge in [-0.1, -0.05) is 19.3 Å². The van der Waals surface area contributed by atoms with E-state index < -0.39 is 23.2 Å². The number of carbonyl (C=O) groups is 1. The Labute approximate surface area is 226 Å². The molecule has 1 fully saturated rings. The van der Waals surface area contributed by atoms with Gasteiger partial charge < -0.3 is 19.6 Å². The number of hydrogen-bond donors (Lipinski definition) is 1. The molecule has 4 heterocycles. The van der Waals surface area contributed by atoms with Gasteiger partial charge in [0, 0.05) is 24.4 Å². The van der Waals surface area contributed by atoms with Crippen LogP contribution in [0, 0.1) is 6.92 Å². The van der Waals surface area contributed by atoms with Crippen LogP contribution in [-0.4, -0.2) is 43.0 Å². The van der Waals surface area contributed by atoms with Crippen molar-refractivity contribution in [2.24, 2.45) is 5.73 Å². The first-order chi connectivity index (χ1) is 18.7. The number of methoxy groups -OCH3 is 1. The molecule has 4 aromatic heterocycles. The number of rotatable bonds is 9. The van der Waals surface area contributed by atoms with Gasteiger partial charge >= 0.3 is 5.69 Å². The Hall–Kier alpha value is -3.99. The Morgan fingerprint density at radius 3 is 2.67 bits per heavy atom. The second-order valence-electron chi connectivity index (χ2n) is 10.5. The van der Waals surface area contributed by atoms with Crippen molar-refractivity contribution in [1.29, 1.82) is 0 Å². The Morgan fingerprint density at radius 2 is 2.00 bits per heavy atom. The van der Waals surface area contributed by atoms with E-state index in [9.17, 15) is 9.59 Å². The fourth-order valence-corrected chi connectivity index (χ4v) is 5.19. The van der Waals surface area contributed by atoms with Crippen LogP contribution in [0.5, 0.6) is 5.75 Å². The molecular weight excluding hydrogens is 500 g/mol. The van der Waals surface area contributed by atoms with Gasteiger partial charge in [0.25, 0.3) is 0 Å². The highest BCUT2D eigenvalue weighted by atomic mass is 16.5. The number of aromatic nitrogens is 5. The smallest absolute Gasteiger partial charge is 0.335 e. The van der Waals surface area contributed by atoms with E-state index in [-0.39, 0.29) is 6.10 Å². The number of nitrogens with two attached hydrogens (primary N) is 1. The molecule has 0 unspecified atom stereocenters. The number of pyridine rings is 1. The Kier molecular flexibility index (Phi) is 7.26. The lowest BCUT2D eigenvalue weighted by Gasteiger charge is -2.29. The normalized spacial score (nSPS) is 15.5. The number of primary amides is 1. The third-order valence-electron chi connectivity index (χ3n) is 7.56. The van der Waals surface area contributed by atoms with Crippen LogP contribution in [-0.2, 0) is 21.5 Å². The van der Waals surface area contributed by atoms with Gasteiger partial charge in [-0.05, 0) is 45.7 Å². The van der Waals surface area contributed by atoms with Crippen LogP contribution >= 0.6 is 0 Å². The van der Waals surface area contributed by atoms with Crippen molar-refractivity contribution >= 4 is 11.6 Å². The van der Waals surface area contributed by atoms with E-state index in [1.54, 1.807) is 40.3 Å². The highest BCUT2D eigenvalue weighted by Gasteiger charge is 2.33. The number of amides is 1. The molecule has 11 nitrogen and oxygen atoms in total. The van der Waals surface area contributed by atoms with Crippen LogP contribution in [0.15, 0.2) is 46.2 Å². The van der Waals surface area contributed by atoms with Crippen molar-refractivity contribution in [3.05, 3.63) is 64.4 Å². The molecular formula is C28H34N6O5. The van der Waals surface area contributed by atoms with Gasteiger partial charge in [0.15, 0.2) is 0 Å². The van der Waals surface area contributed by atoms with Crippen LogP contribution < -0.4 is 16.2 Å². The van der Waals surface area contributed by atoms with E-state index in [0.29, 0.717) is 46.4 Å². The summed E-state index contributed by atoms with van der Waals surface area (Å²) in [5, 5.41) is 0. The average Bonchev–Trinajstić information content (AvgIpc) is 3.58. The summed E-state index contributed by atoms with van der Waals surface area (Å²) >= 11 is 0. The predicted octanol–water partition coefficient (Wildman–Crippen LogP) is 3.72. The zero-order valence-electron chi connectivity index (χ0n) is 22.7. The van der Waals surface area contributed by atoms with Gasteiger partial charge in [-0.2, -0.15) is 0 Å². The minimum atomic E-state index is -1.30. The summed E-state index contributed by atoms with van der Waals surface area (Å²) in [7, 11) is 1.60. The summed E-state index contributed by atoms with van der Waals surface area (Å²) in [5.41, 5.74) is 6.73. The summed E-state index contributed by atoms with van der Waals surface area (Å²) in [6.07, 6.45) is 11.6. The van der Waals surface area contributed by atoms with Gasteiger partial charge in [0.1, 0.15) is 40.7 Å². The monoisotopic (exact) mass is 534 g/mol. The zero-order valence-corrected chi connectivity index (χ0v) is 22.7. The first-order valence-electron chi connectivity index (χ1n) is 13.2. The van der Waals surface area contributed by atoms with E-state index >= 15 is 0 Å². The molecule has 0 saturated heterocycles. The van der Waals surface area contributed by atoms with Crippen LogP contribution in [0.2, 0.25) is 0 Å². The van der Waals surface area contributed by atoms with Gasteiger partial charge in [0.2, 0.25) is 11.8 Å². The fraction of sp³-hybridized carbons (Fsp3) is 0.464. The van der Waals surface area contributed by atoms with Crippen LogP contribution in [0.3, 0.4) is 0 Å². The van der Waals surface area contributed by atoms with Crippen molar-refractivity contribution in [3.63, 3.8) is 0 Å². The van der Waals surface area contributed by atoms with E-state index in [2.05, 4.69) is 9.97 Å². The van der Waals surface area contributed by atoms with Crippen LogP contribution in [0.25, 0.3) is 17.2 Å². The lowest BCUT2D eigenvalue weighted by molar-refractivity contribution is -0.125. The maximum absolute atomic E-state index is 13.8. The molecule has 206 valence electrons. The van der Waals surface area contributed by atoms with E-state index in [1.165, 1.54) is 27.8 Å². The number of oxazole rings is 1. The minimum absolute atomic E-state index is 0.0730. The summed E-state index contributed by atoms with van der Waals surface area (Å²) in [6.45, 7) is 5.00. The second-order valence-corrected chi connectivity index (χ2v) is 10.5. The first kappa shape index (κ1) is 26.6. The highest BCUT2D eigenvalue weighted by molar-refractivity contribution is 5.81. The number of fused-ring (bicyclic) bond motifs is 1. The Balaban J connectivity index is 1.70. The molecule has 39 heavy (non-hydrogen) atoms. The summed E-state index contributed by atoms with van der Waals surface area (Å²) < 4.78 is 20.7. The summed E-state index contributed by atoms with van der Waals surface area (Å²) in [6, 6.07) is 3.67. The maximum atomic E-state index is 13.8. The number of hydrogen-bond acceptors (Lipinski definition) is 8.